The summed E-state index contributed by atoms with van der Waals surface area (Å²) in [5.41, 5.74) is 3.74. The standard InChI is InChI=1S/C15H17ClN4O2/c1-15(2,3)13-7-11(18-19-13)14(22)20-17-8-9-6-10(16)4-5-12(9)21/h4-8,21H,1-3H3,(H,18,19)(H,20,22)/b17-8-. The van der Waals surface area contributed by atoms with Gasteiger partial charge in [0.15, 0.2) is 5.69 Å². The van der Waals surface area contributed by atoms with Crippen LogP contribution in [0.5, 0.6) is 5.75 Å². The number of aromatic hydroxyl groups is 1. The van der Waals surface area contributed by atoms with Gasteiger partial charge >= 0.3 is 0 Å². The molecule has 22 heavy (non-hydrogen) atoms. The van der Waals surface area contributed by atoms with Gasteiger partial charge in [0.05, 0.1) is 6.21 Å². The Hall–Kier alpha value is -2.34. The molecule has 2 aromatic rings. The van der Waals surface area contributed by atoms with Crippen LogP contribution >= 0.6 is 11.6 Å². The fraction of sp³-hybridized carbons (Fsp3) is 0.267. The molecule has 0 bridgehead atoms. The number of carbonyl (C=O) groups excluding carboxylic acids is 1. The van der Waals surface area contributed by atoms with Gasteiger partial charge in [-0.15, -0.1) is 0 Å². The second-order valence-electron chi connectivity index (χ2n) is 5.82. The molecule has 0 saturated carbocycles. The van der Waals surface area contributed by atoms with Gasteiger partial charge in [-0.3, -0.25) is 9.89 Å². The number of hydrogen-bond acceptors (Lipinski definition) is 4. The SMILES string of the molecule is CC(C)(C)c1cc(C(=O)N/N=C\c2cc(Cl)ccc2O)n[nH]1. The number of halogens is 1. The van der Waals surface area contributed by atoms with E-state index in [1.807, 2.05) is 20.8 Å². The third-order valence-electron chi connectivity index (χ3n) is 2.98. The molecular formula is C15H17ClN4O2. The van der Waals surface area contributed by atoms with Crippen LogP contribution in [0, 0.1) is 0 Å². The van der Waals surface area contributed by atoms with E-state index in [1.54, 1.807) is 18.2 Å². The molecule has 0 atom stereocenters. The van der Waals surface area contributed by atoms with Crippen LogP contribution in [0.2, 0.25) is 5.02 Å². The van der Waals surface area contributed by atoms with Crippen LogP contribution in [0.25, 0.3) is 0 Å². The summed E-state index contributed by atoms with van der Waals surface area (Å²) in [4.78, 5) is 11.9. The zero-order chi connectivity index (χ0) is 16.3. The number of amides is 1. The van der Waals surface area contributed by atoms with E-state index in [2.05, 4.69) is 20.7 Å². The second kappa shape index (κ2) is 6.19. The molecule has 1 aromatic carbocycles. The first-order valence-corrected chi connectivity index (χ1v) is 7.03. The second-order valence-corrected chi connectivity index (χ2v) is 6.26. The number of aromatic amines is 1. The Bertz CT molecular complexity index is 717. The predicted octanol–water partition coefficient (Wildman–Crippen LogP) is 2.83. The van der Waals surface area contributed by atoms with Crippen LogP contribution < -0.4 is 5.43 Å². The highest BCUT2D eigenvalue weighted by atomic mass is 35.5. The lowest BCUT2D eigenvalue weighted by molar-refractivity contribution is 0.0950. The minimum absolute atomic E-state index is 0.0252. The molecule has 0 aliphatic carbocycles. The van der Waals surface area contributed by atoms with Crippen LogP contribution in [-0.2, 0) is 5.41 Å². The molecule has 7 heteroatoms. The van der Waals surface area contributed by atoms with Gasteiger partial charge in [0.1, 0.15) is 5.75 Å². The third-order valence-corrected chi connectivity index (χ3v) is 3.21. The molecule has 0 aliphatic rings. The van der Waals surface area contributed by atoms with E-state index >= 15 is 0 Å². The van der Waals surface area contributed by atoms with Gasteiger partial charge in [-0.25, -0.2) is 5.43 Å². The van der Waals surface area contributed by atoms with Crippen molar-refractivity contribution in [1.82, 2.24) is 15.6 Å². The van der Waals surface area contributed by atoms with E-state index < -0.39 is 5.91 Å². The quantitative estimate of drug-likeness (QED) is 0.600. The van der Waals surface area contributed by atoms with E-state index in [0.29, 0.717) is 10.6 Å². The normalized spacial score (nSPS) is 11.8. The van der Waals surface area contributed by atoms with Crippen LogP contribution in [0.15, 0.2) is 29.4 Å². The van der Waals surface area contributed by atoms with E-state index in [1.165, 1.54) is 12.3 Å². The van der Waals surface area contributed by atoms with Crippen LogP contribution in [0.3, 0.4) is 0 Å². The summed E-state index contributed by atoms with van der Waals surface area (Å²) in [6.45, 7) is 6.05. The molecular weight excluding hydrogens is 304 g/mol. The molecule has 0 radical (unpaired) electrons. The van der Waals surface area contributed by atoms with Crippen molar-refractivity contribution in [1.29, 1.82) is 0 Å². The van der Waals surface area contributed by atoms with Crippen molar-refractivity contribution in [2.75, 3.05) is 0 Å². The number of rotatable bonds is 3. The fourth-order valence-electron chi connectivity index (χ4n) is 1.67. The minimum Gasteiger partial charge on any atom is -0.507 e. The van der Waals surface area contributed by atoms with Gasteiger partial charge < -0.3 is 5.11 Å². The first-order chi connectivity index (χ1) is 10.3. The van der Waals surface area contributed by atoms with Crippen molar-refractivity contribution in [3.8, 4) is 5.75 Å². The number of aromatic nitrogens is 2. The van der Waals surface area contributed by atoms with E-state index in [0.717, 1.165) is 5.69 Å². The molecule has 1 amide bonds. The average Bonchev–Trinajstić information content (AvgIpc) is 2.92. The highest BCUT2D eigenvalue weighted by Gasteiger charge is 2.19. The Morgan fingerprint density at radius 1 is 1.41 bits per heavy atom. The highest BCUT2D eigenvalue weighted by molar-refractivity contribution is 6.30. The molecule has 0 unspecified atom stereocenters. The summed E-state index contributed by atoms with van der Waals surface area (Å²) < 4.78 is 0. The summed E-state index contributed by atoms with van der Waals surface area (Å²) in [5.74, 6) is -0.415. The molecule has 1 heterocycles. The van der Waals surface area contributed by atoms with Gasteiger partial charge in [-0.05, 0) is 24.3 Å². The van der Waals surface area contributed by atoms with Crippen molar-refractivity contribution >= 4 is 23.7 Å². The molecule has 1 aromatic heterocycles. The fourth-order valence-corrected chi connectivity index (χ4v) is 1.85. The summed E-state index contributed by atoms with van der Waals surface area (Å²) in [5, 5.41) is 20.7. The number of nitrogens with one attached hydrogen (secondary N) is 2. The highest BCUT2D eigenvalue weighted by Crippen LogP contribution is 2.20. The number of phenolic OH excluding ortho intramolecular Hbond substituents is 1. The minimum atomic E-state index is -0.440. The van der Waals surface area contributed by atoms with Crippen LogP contribution in [-0.4, -0.2) is 27.4 Å². The molecule has 0 fully saturated rings. The molecule has 0 saturated heterocycles. The lowest BCUT2D eigenvalue weighted by Gasteiger charge is -2.14. The number of hydrogen-bond donors (Lipinski definition) is 3. The largest absolute Gasteiger partial charge is 0.507 e. The molecule has 6 nitrogen and oxygen atoms in total. The van der Waals surface area contributed by atoms with E-state index in [9.17, 15) is 9.90 Å². The van der Waals surface area contributed by atoms with Gasteiger partial charge in [0.2, 0.25) is 0 Å². The van der Waals surface area contributed by atoms with E-state index in [4.69, 9.17) is 11.6 Å². The van der Waals surface area contributed by atoms with Crippen molar-refractivity contribution in [3.05, 3.63) is 46.2 Å². The first-order valence-electron chi connectivity index (χ1n) is 6.65. The topological polar surface area (TPSA) is 90.4 Å². The third kappa shape index (κ3) is 3.85. The van der Waals surface area contributed by atoms with Crippen molar-refractivity contribution < 1.29 is 9.90 Å². The smallest absolute Gasteiger partial charge is 0.291 e. The lowest BCUT2D eigenvalue weighted by atomic mass is 9.92. The Morgan fingerprint density at radius 2 is 2.14 bits per heavy atom. The molecule has 3 N–H and O–H groups in total. The van der Waals surface area contributed by atoms with Crippen molar-refractivity contribution in [2.45, 2.75) is 26.2 Å². The summed E-state index contributed by atoms with van der Waals surface area (Å²) in [6, 6.07) is 6.24. The number of H-pyrrole nitrogens is 1. The number of benzene rings is 1. The summed E-state index contributed by atoms with van der Waals surface area (Å²) >= 11 is 5.83. The zero-order valence-electron chi connectivity index (χ0n) is 12.5. The van der Waals surface area contributed by atoms with Gasteiger partial charge in [0.25, 0.3) is 5.91 Å². The van der Waals surface area contributed by atoms with E-state index in [-0.39, 0.29) is 16.9 Å². The molecule has 0 spiro atoms. The van der Waals surface area contributed by atoms with Crippen LogP contribution in [0.1, 0.15) is 42.5 Å². The predicted molar refractivity (Wildman–Crippen MR) is 85.5 cm³/mol. The maximum absolute atomic E-state index is 11.9. The van der Waals surface area contributed by atoms with Crippen LogP contribution in [0.4, 0.5) is 0 Å². The van der Waals surface area contributed by atoms with Gasteiger partial charge in [-0.1, -0.05) is 32.4 Å². The molecule has 2 rings (SSSR count). The Morgan fingerprint density at radius 3 is 2.77 bits per heavy atom. The lowest BCUT2D eigenvalue weighted by Crippen LogP contribution is -2.18. The number of carbonyl (C=O) groups is 1. The maximum atomic E-state index is 11.9. The van der Waals surface area contributed by atoms with Crippen molar-refractivity contribution in [2.24, 2.45) is 5.10 Å². The Balaban J connectivity index is 2.05. The molecule has 116 valence electrons. The number of hydrazone groups is 1. The first kappa shape index (κ1) is 16.0. The van der Waals surface area contributed by atoms with Gasteiger partial charge in [-0.2, -0.15) is 10.2 Å². The molecule has 0 aliphatic heterocycles. The van der Waals surface area contributed by atoms with Gasteiger partial charge in [0, 0.05) is 21.7 Å². The monoisotopic (exact) mass is 320 g/mol. The van der Waals surface area contributed by atoms with Crippen molar-refractivity contribution in [3.63, 3.8) is 0 Å². The zero-order valence-corrected chi connectivity index (χ0v) is 13.3. The Kier molecular flexibility index (Phi) is 4.51. The summed E-state index contributed by atoms with van der Waals surface area (Å²) in [7, 11) is 0. The number of nitrogens with zero attached hydrogens (tertiary/aromatic N) is 2. The average molecular weight is 321 g/mol. The maximum Gasteiger partial charge on any atom is 0.291 e. The summed E-state index contributed by atoms with van der Waals surface area (Å²) in [6.07, 6.45) is 1.32. The Labute approximate surface area is 133 Å². The number of phenols is 1.